The minimum absolute atomic E-state index is 0.0599. The fourth-order valence-corrected chi connectivity index (χ4v) is 2.73. The van der Waals surface area contributed by atoms with E-state index >= 15 is 0 Å². The Morgan fingerprint density at radius 2 is 1.90 bits per heavy atom. The van der Waals surface area contributed by atoms with Gasteiger partial charge in [-0.1, -0.05) is 19.3 Å². The van der Waals surface area contributed by atoms with Crippen LogP contribution in [0.25, 0.3) is 0 Å². The summed E-state index contributed by atoms with van der Waals surface area (Å²) in [5.41, 5.74) is -0.0599. The van der Waals surface area contributed by atoms with Gasteiger partial charge in [-0.25, -0.2) is 0 Å². The van der Waals surface area contributed by atoms with E-state index in [0.29, 0.717) is 18.4 Å². The summed E-state index contributed by atoms with van der Waals surface area (Å²) in [5.74, 6) is 0.987. The molecule has 1 aromatic heterocycles. The number of hydrogen-bond acceptors (Lipinski definition) is 6. The average Bonchev–Trinajstić information content (AvgIpc) is 2.45. The molecule has 112 valence electrons. The molecule has 0 spiro atoms. The Labute approximate surface area is 124 Å². The Morgan fingerprint density at radius 1 is 1.20 bits per heavy atom. The molecule has 7 heteroatoms. The highest BCUT2D eigenvalue weighted by molar-refractivity contribution is 6.28. The van der Waals surface area contributed by atoms with Crippen molar-refractivity contribution < 1.29 is 5.11 Å². The fraction of sp³-hybridized carbons (Fsp3) is 0.769. The van der Waals surface area contributed by atoms with Gasteiger partial charge in [0.15, 0.2) is 0 Å². The van der Waals surface area contributed by atoms with Crippen LogP contribution in [0.4, 0.5) is 11.9 Å². The molecule has 0 bridgehead atoms. The summed E-state index contributed by atoms with van der Waals surface area (Å²) in [7, 11) is 3.71. The van der Waals surface area contributed by atoms with Gasteiger partial charge in [0.2, 0.25) is 17.2 Å². The quantitative estimate of drug-likeness (QED) is 0.865. The standard InChI is InChI=1S/C13H22ClN5O/c1-19(2)12-17-10(14)16-11(18-12)15-8-13(9-20)6-4-3-5-7-13/h20H,3-9H2,1-2H3,(H,15,16,17,18). The van der Waals surface area contributed by atoms with Crippen molar-refractivity contribution in [3.8, 4) is 0 Å². The molecule has 0 aliphatic heterocycles. The molecule has 1 saturated carbocycles. The average molecular weight is 300 g/mol. The highest BCUT2D eigenvalue weighted by Crippen LogP contribution is 2.35. The van der Waals surface area contributed by atoms with Gasteiger partial charge in [-0.15, -0.1) is 0 Å². The van der Waals surface area contributed by atoms with Gasteiger partial charge in [-0.05, 0) is 24.4 Å². The number of aromatic nitrogens is 3. The lowest BCUT2D eigenvalue weighted by Crippen LogP contribution is -2.36. The highest BCUT2D eigenvalue weighted by Gasteiger charge is 2.31. The number of nitrogens with one attached hydrogen (secondary N) is 1. The molecule has 2 rings (SSSR count). The van der Waals surface area contributed by atoms with Crippen LogP contribution < -0.4 is 10.2 Å². The van der Waals surface area contributed by atoms with Crippen molar-refractivity contribution >= 4 is 23.5 Å². The van der Waals surface area contributed by atoms with Crippen molar-refractivity contribution in [3.63, 3.8) is 0 Å². The SMILES string of the molecule is CN(C)c1nc(Cl)nc(NCC2(CO)CCCCC2)n1. The lowest BCUT2D eigenvalue weighted by molar-refractivity contribution is 0.0942. The van der Waals surface area contributed by atoms with Crippen LogP contribution >= 0.6 is 11.6 Å². The molecule has 0 aromatic carbocycles. The zero-order valence-corrected chi connectivity index (χ0v) is 12.8. The molecule has 6 nitrogen and oxygen atoms in total. The van der Waals surface area contributed by atoms with E-state index in [0.717, 1.165) is 12.8 Å². The van der Waals surface area contributed by atoms with Gasteiger partial charge in [0, 0.05) is 26.1 Å². The fourth-order valence-electron chi connectivity index (χ4n) is 2.58. The van der Waals surface area contributed by atoms with Gasteiger partial charge in [0.25, 0.3) is 0 Å². The molecule has 0 amide bonds. The second-order valence-electron chi connectivity index (χ2n) is 5.69. The van der Waals surface area contributed by atoms with Crippen LogP contribution in [0.15, 0.2) is 0 Å². The normalized spacial score (nSPS) is 17.8. The van der Waals surface area contributed by atoms with Crippen LogP contribution in [-0.4, -0.2) is 47.3 Å². The van der Waals surface area contributed by atoms with E-state index in [2.05, 4.69) is 20.3 Å². The van der Waals surface area contributed by atoms with E-state index in [1.165, 1.54) is 19.3 Å². The molecule has 1 aliphatic carbocycles. The molecule has 2 N–H and O–H groups in total. The second-order valence-corrected chi connectivity index (χ2v) is 6.03. The number of halogens is 1. The van der Waals surface area contributed by atoms with E-state index in [1.54, 1.807) is 4.90 Å². The summed E-state index contributed by atoms with van der Waals surface area (Å²) in [6, 6.07) is 0. The summed E-state index contributed by atoms with van der Waals surface area (Å²) in [4.78, 5) is 14.2. The Morgan fingerprint density at radius 3 is 2.50 bits per heavy atom. The largest absolute Gasteiger partial charge is 0.396 e. The first-order chi connectivity index (χ1) is 9.54. The molecule has 1 heterocycles. The summed E-state index contributed by atoms with van der Waals surface area (Å²) in [6.07, 6.45) is 5.67. The molecule has 0 unspecified atom stereocenters. The van der Waals surface area contributed by atoms with Crippen LogP contribution in [0.2, 0.25) is 5.28 Å². The molecule has 0 saturated heterocycles. The predicted molar refractivity (Wildman–Crippen MR) is 80.3 cm³/mol. The Balaban J connectivity index is 2.06. The van der Waals surface area contributed by atoms with Gasteiger partial charge >= 0.3 is 0 Å². The van der Waals surface area contributed by atoms with Gasteiger partial charge in [0.1, 0.15) is 0 Å². The number of anilines is 2. The van der Waals surface area contributed by atoms with E-state index < -0.39 is 0 Å². The Hall–Kier alpha value is -1.14. The van der Waals surface area contributed by atoms with Crippen LogP contribution in [0.5, 0.6) is 0 Å². The monoisotopic (exact) mass is 299 g/mol. The van der Waals surface area contributed by atoms with E-state index in [1.807, 2.05) is 14.1 Å². The van der Waals surface area contributed by atoms with Gasteiger partial charge in [0.05, 0.1) is 6.61 Å². The zero-order valence-electron chi connectivity index (χ0n) is 12.1. The van der Waals surface area contributed by atoms with Crippen molar-refractivity contribution in [2.75, 3.05) is 37.5 Å². The van der Waals surface area contributed by atoms with Gasteiger partial charge < -0.3 is 15.3 Å². The van der Waals surface area contributed by atoms with Crippen LogP contribution in [0.3, 0.4) is 0 Å². The van der Waals surface area contributed by atoms with Crippen LogP contribution in [-0.2, 0) is 0 Å². The number of rotatable bonds is 5. The van der Waals surface area contributed by atoms with Crippen molar-refractivity contribution in [3.05, 3.63) is 5.28 Å². The summed E-state index contributed by atoms with van der Waals surface area (Å²) in [6.45, 7) is 0.857. The van der Waals surface area contributed by atoms with Crippen molar-refractivity contribution in [1.29, 1.82) is 0 Å². The molecular formula is C13H22ClN5O. The first kappa shape index (κ1) is 15.3. The van der Waals surface area contributed by atoms with E-state index in [9.17, 15) is 5.11 Å². The first-order valence-electron chi connectivity index (χ1n) is 6.98. The number of aliphatic hydroxyl groups excluding tert-OH is 1. The van der Waals surface area contributed by atoms with E-state index in [-0.39, 0.29) is 17.3 Å². The third-order valence-electron chi connectivity index (χ3n) is 3.87. The molecule has 1 aromatic rings. The topological polar surface area (TPSA) is 74.2 Å². The summed E-state index contributed by atoms with van der Waals surface area (Å²) < 4.78 is 0. The van der Waals surface area contributed by atoms with E-state index in [4.69, 9.17) is 11.6 Å². The lowest BCUT2D eigenvalue weighted by atomic mass is 9.74. The number of hydrogen-bond donors (Lipinski definition) is 2. The van der Waals surface area contributed by atoms with Crippen molar-refractivity contribution in [2.24, 2.45) is 5.41 Å². The summed E-state index contributed by atoms with van der Waals surface area (Å²) >= 11 is 5.91. The minimum Gasteiger partial charge on any atom is -0.396 e. The smallest absolute Gasteiger partial charge is 0.230 e. The first-order valence-corrected chi connectivity index (χ1v) is 7.36. The maximum atomic E-state index is 9.69. The third-order valence-corrected chi connectivity index (χ3v) is 4.04. The maximum Gasteiger partial charge on any atom is 0.230 e. The third kappa shape index (κ3) is 3.70. The Kier molecular flexibility index (Phi) is 4.99. The number of aliphatic hydroxyl groups is 1. The molecule has 0 radical (unpaired) electrons. The van der Waals surface area contributed by atoms with Crippen molar-refractivity contribution in [2.45, 2.75) is 32.1 Å². The van der Waals surface area contributed by atoms with Crippen LogP contribution in [0.1, 0.15) is 32.1 Å². The molecular weight excluding hydrogens is 278 g/mol. The molecule has 20 heavy (non-hydrogen) atoms. The zero-order chi connectivity index (χ0) is 14.6. The molecule has 1 aliphatic rings. The molecule has 1 fully saturated rings. The minimum atomic E-state index is -0.0599. The maximum absolute atomic E-state index is 9.69. The molecule has 0 atom stereocenters. The second kappa shape index (κ2) is 6.54. The van der Waals surface area contributed by atoms with Gasteiger partial charge in [-0.3, -0.25) is 0 Å². The summed E-state index contributed by atoms with van der Waals surface area (Å²) in [5, 5.41) is 13.1. The van der Waals surface area contributed by atoms with Gasteiger partial charge in [-0.2, -0.15) is 15.0 Å². The predicted octanol–water partition coefficient (Wildman–Crippen LogP) is 1.95. The van der Waals surface area contributed by atoms with Crippen molar-refractivity contribution in [1.82, 2.24) is 15.0 Å². The Bertz CT molecular complexity index is 448. The number of nitrogens with zero attached hydrogens (tertiary/aromatic N) is 4. The highest BCUT2D eigenvalue weighted by atomic mass is 35.5. The lowest BCUT2D eigenvalue weighted by Gasteiger charge is -2.35. The van der Waals surface area contributed by atoms with Crippen LogP contribution in [0, 0.1) is 5.41 Å².